The van der Waals surface area contributed by atoms with Crippen molar-refractivity contribution in [3.8, 4) is 0 Å². The van der Waals surface area contributed by atoms with Crippen LogP contribution in [0.2, 0.25) is 0 Å². The second kappa shape index (κ2) is 22.6. The Morgan fingerprint density at radius 1 is 0.683 bits per heavy atom. The molecule has 0 bridgehead atoms. The molecular weight excluding hydrogens is 516 g/mol. The van der Waals surface area contributed by atoms with Gasteiger partial charge in [0.15, 0.2) is 0 Å². The number of unbranched alkanes of at least 4 members (excludes halogenated alkanes) is 15. The van der Waals surface area contributed by atoms with E-state index in [1.807, 2.05) is 13.0 Å². The molecule has 0 radical (unpaired) electrons. The minimum atomic E-state index is -0.576. The zero-order chi connectivity index (χ0) is 29.7. The lowest BCUT2D eigenvalue weighted by atomic mass is 9.99. The zero-order valence-corrected chi connectivity index (χ0v) is 26.6. The van der Waals surface area contributed by atoms with Crippen molar-refractivity contribution in [1.29, 1.82) is 0 Å². The van der Waals surface area contributed by atoms with Gasteiger partial charge in [0.25, 0.3) is 0 Å². The average Bonchev–Trinajstić information content (AvgIpc) is 3.58. The van der Waals surface area contributed by atoms with Crippen LogP contribution in [0.5, 0.6) is 0 Å². The molecule has 1 fully saturated rings. The highest BCUT2D eigenvalue weighted by atomic mass is 16.5. The summed E-state index contributed by atoms with van der Waals surface area (Å²) in [7, 11) is 0. The van der Waals surface area contributed by atoms with Gasteiger partial charge in [-0.1, -0.05) is 110 Å². The van der Waals surface area contributed by atoms with Crippen LogP contribution in [0, 0.1) is 0 Å². The van der Waals surface area contributed by atoms with Crippen LogP contribution in [-0.4, -0.2) is 57.9 Å². The van der Waals surface area contributed by atoms with Crippen LogP contribution in [-0.2, 0) is 14.3 Å². The van der Waals surface area contributed by atoms with Crippen molar-refractivity contribution >= 4 is 5.97 Å². The highest BCUT2D eigenvalue weighted by Crippen LogP contribution is 2.28. The highest BCUT2D eigenvalue weighted by Gasteiger charge is 2.34. The van der Waals surface area contributed by atoms with E-state index >= 15 is 0 Å². The number of ether oxygens (including phenoxy) is 2. The van der Waals surface area contributed by atoms with Crippen molar-refractivity contribution in [3.63, 3.8) is 0 Å². The molecule has 2 rings (SSSR count). The van der Waals surface area contributed by atoms with Crippen LogP contribution in [0.3, 0.4) is 0 Å². The van der Waals surface area contributed by atoms with Crippen LogP contribution in [0.25, 0.3) is 0 Å². The molecule has 6 nitrogen and oxygen atoms in total. The van der Waals surface area contributed by atoms with Crippen molar-refractivity contribution < 1.29 is 29.6 Å². The fourth-order valence-electron chi connectivity index (χ4n) is 6.37. The second-order valence-corrected chi connectivity index (χ2v) is 12.9. The number of carbonyl (C=O) groups excluding carboxylic acids is 1. The average molecular weight is 581 g/mol. The predicted octanol–water partition coefficient (Wildman–Crippen LogP) is 8.09. The van der Waals surface area contributed by atoms with E-state index in [0.29, 0.717) is 12.8 Å². The number of aliphatic hydroxyl groups is 3. The lowest BCUT2D eigenvalue weighted by molar-refractivity contribution is -0.139. The van der Waals surface area contributed by atoms with Gasteiger partial charge >= 0.3 is 5.97 Å². The summed E-state index contributed by atoms with van der Waals surface area (Å²) in [6.45, 7) is 4.15. The van der Waals surface area contributed by atoms with Crippen LogP contribution in [0.4, 0.5) is 0 Å². The monoisotopic (exact) mass is 580 g/mol. The van der Waals surface area contributed by atoms with Gasteiger partial charge in [-0.2, -0.15) is 0 Å². The van der Waals surface area contributed by atoms with Gasteiger partial charge in [0, 0.05) is 5.57 Å². The maximum Gasteiger partial charge on any atom is 0.334 e. The first kappa shape index (κ1) is 36.2. The molecule has 240 valence electrons. The predicted molar refractivity (Wildman–Crippen MR) is 167 cm³/mol. The summed E-state index contributed by atoms with van der Waals surface area (Å²) in [6.07, 6.45) is 26.1. The maximum absolute atomic E-state index is 11.6. The number of cyclic esters (lactones) is 1. The summed E-state index contributed by atoms with van der Waals surface area (Å²) in [6, 6.07) is 0. The fourth-order valence-corrected chi connectivity index (χ4v) is 6.37. The number of aliphatic hydroxyl groups excluding tert-OH is 3. The molecule has 0 unspecified atom stereocenters. The molecule has 0 aromatic rings. The summed E-state index contributed by atoms with van der Waals surface area (Å²) in [5.74, 6) is -0.160. The Kier molecular flexibility index (Phi) is 20.0. The van der Waals surface area contributed by atoms with Gasteiger partial charge in [0.1, 0.15) is 6.10 Å². The quantitative estimate of drug-likeness (QED) is 0.0707. The highest BCUT2D eigenvalue weighted by molar-refractivity contribution is 5.90. The molecule has 0 aromatic heterocycles. The molecule has 0 spiro atoms. The lowest BCUT2D eigenvalue weighted by Gasteiger charge is -2.23. The fraction of sp³-hybridized carbons (Fsp3) is 0.914. The lowest BCUT2D eigenvalue weighted by Crippen LogP contribution is -2.31. The van der Waals surface area contributed by atoms with E-state index in [-0.39, 0.29) is 24.3 Å². The third-order valence-corrected chi connectivity index (χ3v) is 9.07. The Morgan fingerprint density at radius 2 is 1.17 bits per heavy atom. The Balaban J connectivity index is 1.40. The van der Waals surface area contributed by atoms with Crippen molar-refractivity contribution in [2.75, 3.05) is 0 Å². The number of rotatable bonds is 26. The molecule has 6 heteroatoms. The SMILES string of the molecule is CCCCCCCCCCCCCC[C@H](O)[C@@H]1CC[C@H]([C@H](O)CC[C@H](O)CCCCCCCC2=C[C@H](C)OC2=O)O1. The molecule has 0 aromatic carbocycles. The standard InChI is InChI=1S/C35H64O6/c1-3-4-5-6-7-8-9-10-11-12-16-19-22-31(37)33-25-26-34(41-33)32(38)24-23-30(36)21-18-15-13-14-17-20-29-27-28(2)40-35(29)39/h27-28,30-34,36-38H,3-26H2,1-2H3/t28-,30+,31-,32+,33-,34+/m0/s1. The molecule has 3 N–H and O–H groups in total. The van der Waals surface area contributed by atoms with E-state index in [2.05, 4.69) is 6.92 Å². The molecule has 2 aliphatic rings. The van der Waals surface area contributed by atoms with Gasteiger partial charge in [-0.3, -0.25) is 0 Å². The molecule has 0 saturated carbocycles. The number of carbonyl (C=O) groups is 1. The van der Waals surface area contributed by atoms with E-state index in [0.717, 1.165) is 76.2 Å². The first-order valence-electron chi connectivity index (χ1n) is 17.5. The first-order valence-corrected chi connectivity index (χ1v) is 17.5. The van der Waals surface area contributed by atoms with Gasteiger partial charge in [-0.05, 0) is 64.4 Å². The van der Waals surface area contributed by atoms with E-state index in [1.54, 1.807) is 0 Å². The molecule has 6 atom stereocenters. The smallest absolute Gasteiger partial charge is 0.334 e. The van der Waals surface area contributed by atoms with Crippen molar-refractivity contribution in [2.45, 2.75) is 205 Å². The van der Waals surface area contributed by atoms with Crippen molar-refractivity contribution in [2.24, 2.45) is 0 Å². The third-order valence-electron chi connectivity index (χ3n) is 9.07. The van der Waals surface area contributed by atoms with E-state index in [9.17, 15) is 20.1 Å². The number of esters is 1. The van der Waals surface area contributed by atoms with Crippen LogP contribution in [0.1, 0.15) is 168 Å². The zero-order valence-electron chi connectivity index (χ0n) is 26.6. The Morgan fingerprint density at radius 3 is 1.71 bits per heavy atom. The molecule has 41 heavy (non-hydrogen) atoms. The second-order valence-electron chi connectivity index (χ2n) is 12.9. The number of hydrogen-bond acceptors (Lipinski definition) is 6. The molecular formula is C35H64O6. The van der Waals surface area contributed by atoms with E-state index < -0.39 is 18.3 Å². The Bertz CT molecular complexity index is 694. The summed E-state index contributed by atoms with van der Waals surface area (Å²) in [5.41, 5.74) is 0.818. The van der Waals surface area contributed by atoms with Gasteiger partial charge in [0.2, 0.25) is 0 Å². The van der Waals surface area contributed by atoms with Gasteiger partial charge < -0.3 is 24.8 Å². The maximum atomic E-state index is 11.6. The molecule has 2 aliphatic heterocycles. The Hall–Kier alpha value is -0.950. The van der Waals surface area contributed by atoms with Gasteiger partial charge in [-0.25, -0.2) is 4.79 Å². The summed E-state index contributed by atoms with van der Waals surface area (Å²) < 4.78 is 11.2. The minimum absolute atomic E-state index is 0.0836. The Labute approximate surface area is 251 Å². The van der Waals surface area contributed by atoms with Gasteiger partial charge in [0.05, 0.1) is 30.5 Å². The van der Waals surface area contributed by atoms with E-state index in [1.165, 1.54) is 70.6 Å². The summed E-state index contributed by atoms with van der Waals surface area (Å²) in [5, 5.41) is 31.6. The normalized spacial score (nSPS) is 23.0. The summed E-state index contributed by atoms with van der Waals surface area (Å²) >= 11 is 0. The van der Waals surface area contributed by atoms with Crippen LogP contribution in [0.15, 0.2) is 11.6 Å². The van der Waals surface area contributed by atoms with Crippen molar-refractivity contribution in [1.82, 2.24) is 0 Å². The first-order chi connectivity index (χ1) is 19.9. The van der Waals surface area contributed by atoms with Crippen molar-refractivity contribution in [3.05, 3.63) is 11.6 Å². The topological polar surface area (TPSA) is 96.2 Å². The molecule has 0 aliphatic carbocycles. The molecule has 2 heterocycles. The van der Waals surface area contributed by atoms with Crippen LogP contribution < -0.4 is 0 Å². The number of hydrogen-bond donors (Lipinski definition) is 3. The summed E-state index contributed by atoms with van der Waals surface area (Å²) in [4.78, 5) is 11.6. The largest absolute Gasteiger partial charge is 0.455 e. The minimum Gasteiger partial charge on any atom is -0.455 e. The molecule has 0 amide bonds. The van der Waals surface area contributed by atoms with Gasteiger partial charge in [-0.15, -0.1) is 0 Å². The third kappa shape index (κ3) is 16.5. The van der Waals surface area contributed by atoms with Crippen LogP contribution >= 0.6 is 0 Å². The molecule has 1 saturated heterocycles. The van der Waals surface area contributed by atoms with E-state index in [4.69, 9.17) is 9.47 Å².